The predicted octanol–water partition coefficient (Wildman–Crippen LogP) is 4.38. The van der Waals surface area contributed by atoms with Crippen molar-refractivity contribution < 1.29 is 9.15 Å². The highest BCUT2D eigenvalue weighted by atomic mass is 16.5. The summed E-state index contributed by atoms with van der Waals surface area (Å²) in [7, 11) is 1.58. The van der Waals surface area contributed by atoms with E-state index in [0.717, 1.165) is 16.8 Å². The van der Waals surface area contributed by atoms with Gasteiger partial charge in [0.1, 0.15) is 11.3 Å². The van der Waals surface area contributed by atoms with Gasteiger partial charge in [-0.1, -0.05) is 43.3 Å². The summed E-state index contributed by atoms with van der Waals surface area (Å²) >= 11 is 0. The second kappa shape index (κ2) is 6.88. The summed E-state index contributed by atoms with van der Waals surface area (Å²) in [5, 5.41) is 3.16. The van der Waals surface area contributed by atoms with Crippen LogP contribution >= 0.6 is 0 Å². The van der Waals surface area contributed by atoms with Crippen LogP contribution in [0.2, 0.25) is 0 Å². The SMILES string of the molecule is CCc1nc2c(-c3ccccc3)c(C)[nH]n2c(=O)c1-c1nc2c(OC)cccc2o1. The van der Waals surface area contributed by atoms with Gasteiger partial charge in [-0.2, -0.15) is 0 Å². The number of nitrogens with zero attached hydrogens (tertiary/aromatic N) is 3. The number of hydrogen-bond donors (Lipinski definition) is 1. The number of aromatic amines is 1. The lowest BCUT2D eigenvalue weighted by molar-refractivity contribution is 0.419. The van der Waals surface area contributed by atoms with Crippen LogP contribution in [0.15, 0.2) is 57.7 Å². The molecule has 0 fully saturated rings. The zero-order chi connectivity index (χ0) is 20.8. The highest BCUT2D eigenvalue weighted by molar-refractivity contribution is 5.83. The smallest absolute Gasteiger partial charge is 0.285 e. The average molecular weight is 400 g/mol. The highest BCUT2D eigenvalue weighted by Crippen LogP contribution is 2.32. The highest BCUT2D eigenvalue weighted by Gasteiger charge is 2.23. The molecule has 5 rings (SSSR count). The lowest BCUT2D eigenvalue weighted by Gasteiger charge is -2.05. The standard InChI is InChI=1S/C23H20N4O3/c1-4-15-19(22-25-20-16(29-3)11-8-12-17(20)30-22)23(28)27-21(24-15)18(13(2)26-27)14-9-6-5-7-10-14/h5-12,26H,4H2,1-3H3. The van der Waals surface area contributed by atoms with Crippen molar-refractivity contribution in [3.05, 3.63) is 70.3 Å². The number of hydrogen-bond acceptors (Lipinski definition) is 5. The van der Waals surface area contributed by atoms with Gasteiger partial charge in [-0.05, 0) is 31.0 Å². The maximum absolute atomic E-state index is 13.5. The Balaban J connectivity index is 1.81. The Morgan fingerprint density at radius 2 is 1.87 bits per heavy atom. The van der Waals surface area contributed by atoms with Gasteiger partial charge in [0.15, 0.2) is 16.7 Å². The number of ether oxygens (including phenoxy) is 1. The molecule has 2 aromatic carbocycles. The van der Waals surface area contributed by atoms with Crippen molar-refractivity contribution >= 4 is 16.7 Å². The van der Waals surface area contributed by atoms with E-state index in [-0.39, 0.29) is 11.4 Å². The first kappa shape index (κ1) is 18.2. The summed E-state index contributed by atoms with van der Waals surface area (Å²) in [5.74, 6) is 0.837. The van der Waals surface area contributed by atoms with Crippen LogP contribution in [0, 0.1) is 6.92 Å². The minimum Gasteiger partial charge on any atom is -0.494 e. The van der Waals surface area contributed by atoms with Gasteiger partial charge in [0.05, 0.1) is 12.8 Å². The number of rotatable bonds is 4. The van der Waals surface area contributed by atoms with Crippen LogP contribution in [-0.2, 0) is 6.42 Å². The minimum absolute atomic E-state index is 0.242. The molecule has 7 heteroatoms. The van der Waals surface area contributed by atoms with Crippen LogP contribution < -0.4 is 10.3 Å². The normalized spacial score (nSPS) is 11.4. The lowest BCUT2D eigenvalue weighted by Crippen LogP contribution is -2.20. The van der Waals surface area contributed by atoms with Crippen molar-refractivity contribution in [2.75, 3.05) is 7.11 Å². The topological polar surface area (TPSA) is 85.4 Å². The zero-order valence-electron chi connectivity index (χ0n) is 16.9. The van der Waals surface area contributed by atoms with Crippen LogP contribution in [0.1, 0.15) is 18.3 Å². The van der Waals surface area contributed by atoms with E-state index >= 15 is 0 Å². The van der Waals surface area contributed by atoms with Crippen LogP contribution in [0.25, 0.3) is 39.3 Å². The van der Waals surface area contributed by atoms with Gasteiger partial charge < -0.3 is 9.15 Å². The second-order valence-electron chi connectivity index (χ2n) is 7.06. The second-order valence-corrected chi connectivity index (χ2v) is 7.06. The van der Waals surface area contributed by atoms with E-state index in [0.29, 0.717) is 40.2 Å². The summed E-state index contributed by atoms with van der Waals surface area (Å²) in [6.45, 7) is 3.90. The van der Waals surface area contributed by atoms with Crippen LogP contribution in [0.4, 0.5) is 0 Å². The fourth-order valence-electron chi connectivity index (χ4n) is 3.84. The number of nitrogens with one attached hydrogen (secondary N) is 1. The summed E-state index contributed by atoms with van der Waals surface area (Å²) < 4.78 is 12.8. The molecule has 3 aromatic heterocycles. The van der Waals surface area contributed by atoms with Gasteiger partial charge in [-0.15, -0.1) is 0 Å². The van der Waals surface area contributed by atoms with Crippen molar-refractivity contribution in [2.24, 2.45) is 0 Å². The van der Waals surface area contributed by atoms with E-state index in [9.17, 15) is 4.79 Å². The number of para-hydroxylation sites is 1. The first-order chi connectivity index (χ1) is 14.6. The third-order valence-corrected chi connectivity index (χ3v) is 5.25. The van der Waals surface area contributed by atoms with E-state index in [1.807, 2.05) is 56.3 Å². The van der Waals surface area contributed by atoms with Crippen LogP contribution in [0.3, 0.4) is 0 Å². The Hall–Kier alpha value is -3.87. The average Bonchev–Trinajstić information content (AvgIpc) is 3.34. The van der Waals surface area contributed by atoms with Crippen LogP contribution in [0.5, 0.6) is 5.75 Å². The number of benzene rings is 2. The largest absolute Gasteiger partial charge is 0.494 e. The van der Waals surface area contributed by atoms with Gasteiger partial charge >= 0.3 is 0 Å². The molecule has 150 valence electrons. The van der Waals surface area contributed by atoms with E-state index in [4.69, 9.17) is 14.1 Å². The third-order valence-electron chi connectivity index (χ3n) is 5.25. The lowest BCUT2D eigenvalue weighted by atomic mass is 10.1. The fraction of sp³-hybridized carbons (Fsp3) is 0.174. The van der Waals surface area contributed by atoms with Crippen molar-refractivity contribution in [3.8, 4) is 28.3 Å². The van der Waals surface area contributed by atoms with E-state index in [1.165, 1.54) is 4.52 Å². The van der Waals surface area contributed by atoms with Crippen LogP contribution in [-0.4, -0.2) is 26.7 Å². The predicted molar refractivity (Wildman–Crippen MR) is 115 cm³/mol. The molecule has 0 saturated carbocycles. The Bertz CT molecular complexity index is 1440. The molecule has 30 heavy (non-hydrogen) atoms. The van der Waals surface area contributed by atoms with Crippen molar-refractivity contribution in [2.45, 2.75) is 20.3 Å². The molecule has 0 atom stereocenters. The molecule has 0 bridgehead atoms. The number of oxazole rings is 1. The van der Waals surface area contributed by atoms with Gasteiger partial charge in [0.25, 0.3) is 5.56 Å². The molecule has 0 aliphatic carbocycles. The molecule has 0 aliphatic heterocycles. The molecule has 0 amide bonds. The third kappa shape index (κ3) is 2.62. The maximum Gasteiger partial charge on any atom is 0.285 e. The molecule has 0 aliphatic rings. The van der Waals surface area contributed by atoms with Crippen molar-refractivity contribution in [1.82, 2.24) is 19.6 Å². The molecular formula is C23H20N4O3. The Morgan fingerprint density at radius 1 is 1.07 bits per heavy atom. The summed E-state index contributed by atoms with van der Waals surface area (Å²) in [4.78, 5) is 22.9. The monoisotopic (exact) mass is 400 g/mol. The summed E-state index contributed by atoms with van der Waals surface area (Å²) in [5.41, 5.74) is 5.26. The molecular weight excluding hydrogens is 380 g/mol. The van der Waals surface area contributed by atoms with Gasteiger partial charge in [0, 0.05) is 11.3 Å². The molecule has 7 nitrogen and oxygen atoms in total. The molecule has 3 heterocycles. The first-order valence-electron chi connectivity index (χ1n) is 9.76. The van der Waals surface area contributed by atoms with E-state index in [2.05, 4.69) is 10.1 Å². The molecule has 0 spiro atoms. The van der Waals surface area contributed by atoms with Crippen molar-refractivity contribution in [1.29, 1.82) is 0 Å². The maximum atomic E-state index is 13.5. The first-order valence-corrected chi connectivity index (χ1v) is 9.76. The molecule has 5 aromatic rings. The zero-order valence-corrected chi connectivity index (χ0v) is 16.9. The van der Waals surface area contributed by atoms with Crippen molar-refractivity contribution in [3.63, 3.8) is 0 Å². The number of aromatic nitrogens is 4. The number of H-pyrrole nitrogens is 1. The summed E-state index contributed by atoms with van der Waals surface area (Å²) in [6.07, 6.45) is 0.565. The van der Waals surface area contributed by atoms with Gasteiger partial charge in [-0.3, -0.25) is 9.89 Å². The summed E-state index contributed by atoms with van der Waals surface area (Å²) in [6, 6.07) is 15.4. The van der Waals surface area contributed by atoms with Gasteiger partial charge in [-0.25, -0.2) is 14.5 Å². The molecule has 0 unspecified atom stereocenters. The molecule has 1 N–H and O–H groups in total. The van der Waals surface area contributed by atoms with E-state index < -0.39 is 0 Å². The number of aryl methyl sites for hydroxylation is 2. The van der Waals surface area contributed by atoms with E-state index in [1.54, 1.807) is 13.2 Å². The number of methoxy groups -OCH3 is 1. The Kier molecular flexibility index (Phi) is 4.17. The minimum atomic E-state index is -0.243. The number of fused-ring (bicyclic) bond motifs is 2. The van der Waals surface area contributed by atoms with Gasteiger partial charge in [0.2, 0.25) is 5.89 Å². The Labute approximate surface area is 172 Å². The molecule has 0 saturated heterocycles. The Morgan fingerprint density at radius 3 is 2.60 bits per heavy atom. The quantitative estimate of drug-likeness (QED) is 0.484. The fourth-order valence-corrected chi connectivity index (χ4v) is 3.84. The molecule has 0 radical (unpaired) electrons.